The van der Waals surface area contributed by atoms with Gasteiger partial charge in [0.2, 0.25) is 11.7 Å². The van der Waals surface area contributed by atoms with Crippen LogP contribution in [0.5, 0.6) is 5.75 Å². The van der Waals surface area contributed by atoms with E-state index >= 15 is 0 Å². The topological polar surface area (TPSA) is 114 Å². The van der Waals surface area contributed by atoms with Crippen molar-refractivity contribution in [1.82, 2.24) is 34.7 Å². The number of benzene rings is 2. The summed E-state index contributed by atoms with van der Waals surface area (Å²) in [5.74, 6) is -0.340. The predicted molar refractivity (Wildman–Crippen MR) is 110 cm³/mol. The molecule has 2 aromatic carbocycles. The molecule has 0 fully saturated rings. The molecule has 12 heteroatoms. The lowest BCUT2D eigenvalue weighted by atomic mass is 10.2. The Morgan fingerprint density at radius 3 is 2.67 bits per heavy atom. The summed E-state index contributed by atoms with van der Waals surface area (Å²) >= 11 is 0. The molecule has 0 aliphatic heterocycles. The van der Waals surface area contributed by atoms with Gasteiger partial charge in [-0.3, -0.25) is 9.36 Å². The van der Waals surface area contributed by atoms with Crippen LogP contribution in [0.15, 0.2) is 58.1 Å². The Morgan fingerprint density at radius 2 is 1.88 bits per heavy atom. The van der Waals surface area contributed by atoms with Crippen molar-refractivity contribution in [2.45, 2.75) is 13.1 Å². The van der Waals surface area contributed by atoms with Gasteiger partial charge >= 0.3 is 0 Å². The lowest BCUT2D eigenvalue weighted by Crippen LogP contribution is -2.21. The number of ether oxygens (including phenoxy) is 1. The van der Waals surface area contributed by atoms with E-state index in [-0.39, 0.29) is 30.1 Å². The van der Waals surface area contributed by atoms with E-state index in [0.29, 0.717) is 22.7 Å². The van der Waals surface area contributed by atoms with E-state index < -0.39 is 17.2 Å². The van der Waals surface area contributed by atoms with Crippen molar-refractivity contribution in [3.63, 3.8) is 0 Å². The Bertz CT molecular complexity index is 1510. The van der Waals surface area contributed by atoms with Gasteiger partial charge in [0.25, 0.3) is 5.56 Å². The minimum Gasteiger partial charge on any atom is -0.496 e. The van der Waals surface area contributed by atoms with Crippen molar-refractivity contribution in [1.29, 1.82) is 0 Å². The van der Waals surface area contributed by atoms with Crippen LogP contribution in [0.3, 0.4) is 0 Å². The molecule has 0 radical (unpaired) electrons. The Morgan fingerprint density at radius 1 is 1.09 bits per heavy atom. The van der Waals surface area contributed by atoms with Gasteiger partial charge in [-0.15, -0.1) is 5.10 Å². The highest BCUT2D eigenvalue weighted by Crippen LogP contribution is 2.27. The number of fused-ring (bicyclic) bond motifs is 1. The molecule has 0 N–H and O–H groups in total. The van der Waals surface area contributed by atoms with Gasteiger partial charge in [0.05, 0.1) is 19.2 Å². The summed E-state index contributed by atoms with van der Waals surface area (Å²) in [5.41, 5.74) is 0.668. The molecule has 5 aromatic rings. The molecular weight excluding hydrogens is 436 g/mol. The Hall–Kier alpha value is -4.48. The van der Waals surface area contributed by atoms with E-state index in [1.165, 1.54) is 34.8 Å². The molecule has 0 atom stereocenters. The van der Waals surface area contributed by atoms with Crippen molar-refractivity contribution in [2.24, 2.45) is 0 Å². The molecule has 0 aliphatic carbocycles. The lowest BCUT2D eigenvalue weighted by Gasteiger charge is -2.04. The summed E-state index contributed by atoms with van der Waals surface area (Å²) in [6.07, 6.45) is 1.30. The lowest BCUT2D eigenvalue weighted by molar-refractivity contribution is 0.369. The van der Waals surface area contributed by atoms with Crippen molar-refractivity contribution in [2.75, 3.05) is 7.11 Å². The number of para-hydroxylation sites is 1. The number of hydrogen-bond donors (Lipinski definition) is 0. The maximum absolute atomic E-state index is 13.5. The van der Waals surface area contributed by atoms with E-state index in [1.807, 2.05) is 12.1 Å². The summed E-state index contributed by atoms with van der Waals surface area (Å²) in [5, 5.41) is 11.7. The minimum atomic E-state index is -0.711. The average Bonchev–Trinajstić information content (AvgIpc) is 3.42. The SMILES string of the molecule is COc1ccccc1-c1noc(Cn2cnc3c(nnn3Cc3cc(F)cc(F)c3)c2=O)n1. The second-order valence-electron chi connectivity index (χ2n) is 7.09. The summed E-state index contributed by atoms with van der Waals surface area (Å²) in [4.78, 5) is 21.4. The molecular formula is C21H15F2N7O3. The molecule has 0 saturated heterocycles. The summed E-state index contributed by atoms with van der Waals surface area (Å²) < 4.78 is 40.1. The third-order valence-corrected chi connectivity index (χ3v) is 4.87. The molecule has 0 bridgehead atoms. The zero-order chi connectivity index (χ0) is 22.9. The molecule has 166 valence electrons. The second kappa shape index (κ2) is 8.22. The fraction of sp³-hybridized carbons (Fsp3) is 0.143. The highest BCUT2D eigenvalue weighted by Gasteiger charge is 2.17. The molecule has 33 heavy (non-hydrogen) atoms. The second-order valence-corrected chi connectivity index (χ2v) is 7.09. The number of nitrogens with zero attached hydrogens (tertiary/aromatic N) is 7. The highest BCUT2D eigenvalue weighted by molar-refractivity contribution is 5.68. The number of rotatable bonds is 6. The molecule has 10 nitrogen and oxygen atoms in total. The molecule has 0 aliphatic rings. The molecule has 0 amide bonds. The first-order chi connectivity index (χ1) is 16.0. The number of hydrogen-bond acceptors (Lipinski definition) is 8. The normalized spacial score (nSPS) is 11.2. The standard InChI is InChI=1S/C21H15F2N7O3/c1-32-16-5-3-2-4-15(16)19-25-17(33-27-19)10-29-11-24-20-18(21(29)31)26-28-30(20)9-12-6-13(22)8-14(23)7-12/h2-8,11H,9-10H2,1H3. The molecule has 3 heterocycles. The van der Waals surface area contributed by atoms with Crippen molar-refractivity contribution in [3.8, 4) is 17.1 Å². The van der Waals surface area contributed by atoms with Crippen LogP contribution < -0.4 is 10.3 Å². The Labute approximate surface area is 184 Å². The number of methoxy groups -OCH3 is 1. The molecule has 0 saturated carbocycles. The van der Waals surface area contributed by atoms with E-state index in [1.54, 1.807) is 12.1 Å². The Balaban J connectivity index is 1.42. The summed E-state index contributed by atoms with van der Waals surface area (Å²) in [6.45, 7) is -0.0422. The quantitative estimate of drug-likeness (QED) is 0.387. The van der Waals surface area contributed by atoms with Crippen LogP contribution >= 0.6 is 0 Å². The van der Waals surface area contributed by atoms with E-state index in [2.05, 4.69) is 25.4 Å². The van der Waals surface area contributed by atoms with Crippen LogP contribution in [0, 0.1) is 11.6 Å². The van der Waals surface area contributed by atoms with Crippen molar-refractivity contribution in [3.05, 3.63) is 82.2 Å². The summed E-state index contributed by atoms with van der Waals surface area (Å²) in [6, 6.07) is 10.3. The van der Waals surface area contributed by atoms with Gasteiger partial charge in [0.15, 0.2) is 11.2 Å². The van der Waals surface area contributed by atoms with E-state index in [0.717, 1.165) is 6.07 Å². The van der Waals surface area contributed by atoms with Gasteiger partial charge < -0.3 is 9.26 Å². The largest absolute Gasteiger partial charge is 0.496 e. The van der Waals surface area contributed by atoms with Crippen molar-refractivity contribution < 1.29 is 18.0 Å². The van der Waals surface area contributed by atoms with Crippen LogP contribution in [0.1, 0.15) is 11.5 Å². The zero-order valence-corrected chi connectivity index (χ0v) is 17.1. The van der Waals surface area contributed by atoms with Gasteiger partial charge in [0, 0.05) is 6.07 Å². The first kappa shape index (κ1) is 20.4. The minimum absolute atomic E-state index is 0.00107. The summed E-state index contributed by atoms with van der Waals surface area (Å²) in [7, 11) is 1.54. The predicted octanol–water partition coefficient (Wildman–Crippen LogP) is 2.42. The fourth-order valence-electron chi connectivity index (χ4n) is 3.38. The monoisotopic (exact) mass is 451 g/mol. The van der Waals surface area contributed by atoms with Crippen LogP contribution in [0.2, 0.25) is 0 Å². The maximum atomic E-state index is 13.5. The number of halogens is 2. The maximum Gasteiger partial charge on any atom is 0.283 e. The highest BCUT2D eigenvalue weighted by atomic mass is 19.1. The molecule has 3 aromatic heterocycles. The van der Waals surface area contributed by atoms with Crippen molar-refractivity contribution >= 4 is 11.2 Å². The molecule has 0 unspecified atom stereocenters. The third-order valence-electron chi connectivity index (χ3n) is 4.87. The van der Waals surface area contributed by atoms with Gasteiger partial charge in [0.1, 0.15) is 30.3 Å². The van der Waals surface area contributed by atoms with Crippen LogP contribution in [-0.4, -0.2) is 41.8 Å². The molecule has 0 spiro atoms. The van der Waals surface area contributed by atoms with Gasteiger partial charge in [-0.25, -0.2) is 18.4 Å². The molecule has 5 rings (SSSR count). The smallest absolute Gasteiger partial charge is 0.283 e. The van der Waals surface area contributed by atoms with Gasteiger partial charge in [-0.05, 0) is 29.8 Å². The van der Waals surface area contributed by atoms with Crippen LogP contribution in [0.25, 0.3) is 22.6 Å². The van der Waals surface area contributed by atoms with E-state index in [4.69, 9.17) is 9.26 Å². The number of aromatic nitrogens is 7. The average molecular weight is 451 g/mol. The fourth-order valence-corrected chi connectivity index (χ4v) is 3.38. The Kier molecular flexibility index (Phi) is 5.09. The third kappa shape index (κ3) is 3.93. The zero-order valence-electron chi connectivity index (χ0n) is 17.1. The van der Waals surface area contributed by atoms with E-state index in [9.17, 15) is 13.6 Å². The van der Waals surface area contributed by atoms with Crippen LogP contribution in [-0.2, 0) is 13.1 Å². The first-order valence-corrected chi connectivity index (χ1v) is 9.71. The van der Waals surface area contributed by atoms with Gasteiger partial charge in [-0.2, -0.15) is 4.98 Å². The first-order valence-electron chi connectivity index (χ1n) is 9.71. The van der Waals surface area contributed by atoms with Gasteiger partial charge in [-0.1, -0.05) is 22.5 Å². The van der Waals surface area contributed by atoms with Crippen LogP contribution in [0.4, 0.5) is 8.78 Å².